The Morgan fingerprint density at radius 2 is 1.79 bits per heavy atom. The van der Waals surface area contributed by atoms with Crippen molar-refractivity contribution in [1.82, 2.24) is 14.5 Å². The molecule has 2 aromatic carbocycles. The van der Waals surface area contributed by atoms with Crippen molar-refractivity contribution in [3.63, 3.8) is 0 Å². The van der Waals surface area contributed by atoms with Crippen molar-refractivity contribution < 1.29 is 31.2 Å². The molecule has 210 valence electrons. The number of sulfonamides is 1. The highest BCUT2D eigenvalue weighted by molar-refractivity contribution is 7.89. The molecule has 4 rings (SSSR count). The molecular formula is C27H31F3N4O4S. The second-order valence-corrected chi connectivity index (χ2v) is 12.3. The number of amides is 2. The molecule has 0 bridgehead atoms. The lowest BCUT2D eigenvalue weighted by Gasteiger charge is -2.34. The zero-order valence-electron chi connectivity index (χ0n) is 22.2. The number of rotatable bonds is 6. The van der Waals surface area contributed by atoms with E-state index < -0.39 is 33.2 Å². The van der Waals surface area contributed by atoms with E-state index in [2.05, 4.69) is 10.3 Å². The first kappa shape index (κ1) is 28.8. The molecule has 0 atom stereocenters. The number of nitrogens with one attached hydrogen (secondary N) is 1. The Labute approximate surface area is 225 Å². The average molecular weight is 565 g/mol. The number of hydrogen-bond acceptors (Lipinski definition) is 5. The van der Waals surface area contributed by atoms with E-state index in [1.807, 2.05) is 6.92 Å². The van der Waals surface area contributed by atoms with Crippen molar-refractivity contribution in [3.05, 3.63) is 69.8 Å². The van der Waals surface area contributed by atoms with Crippen molar-refractivity contribution >= 4 is 27.7 Å². The number of carbonyl (C=O) groups excluding carboxylic acids is 2. The van der Waals surface area contributed by atoms with E-state index in [-0.39, 0.29) is 61.0 Å². The van der Waals surface area contributed by atoms with Gasteiger partial charge in [0.05, 0.1) is 11.3 Å². The predicted molar refractivity (Wildman–Crippen MR) is 141 cm³/mol. The van der Waals surface area contributed by atoms with Crippen LogP contribution < -0.4 is 5.32 Å². The number of alkyl halides is 3. The number of aryl methyl sites for hydroxylation is 2. The van der Waals surface area contributed by atoms with Gasteiger partial charge in [0.2, 0.25) is 10.0 Å². The second-order valence-electron chi connectivity index (χ2n) is 10.2. The molecule has 0 radical (unpaired) electrons. The molecule has 2 aliphatic heterocycles. The molecule has 0 saturated carbocycles. The van der Waals surface area contributed by atoms with Crippen LogP contribution in [-0.4, -0.2) is 73.7 Å². The first-order valence-electron chi connectivity index (χ1n) is 12.5. The van der Waals surface area contributed by atoms with Crippen LogP contribution >= 0.6 is 0 Å². The molecule has 2 heterocycles. The summed E-state index contributed by atoms with van der Waals surface area (Å²) in [7, 11) is -0.321. The van der Waals surface area contributed by atoms with Gasteiger partial charge in [0.15, 0.2) is 0 Å². The van der Waals surface area contributed by atoms with Crippen LogP contribution in [0.2, 0.25) is 0 Å². The zero-order chi connectivity index (χ0) is 28.8. The van der Waals surface area contributed by atoms with E-state index in [4.69, 9.17) is 0 Å². The number of aliphatic imine (C=N–C) groups is 1. The average Bonchev–Trinajstić information content (AvgIpc) is 3.17. The predicted octanol–water partition coefficient (Wildman–Crippen LogP) is 3.31. The van der Waals surface area contributed by atoms with Gasteiger partial charge in [-0.05, 0) is 68.0 Å². The van der Waals surface area contributed by atoms with E-state index >= 15 is 0 Å². The van der Waals surface area contributed by atoms with Gasteiger partial charge in [0, 0.05) is 38.3 Å². The number of hydrogen-bond donors (Lipinski definition) is 1. The van der Waals surface area contributed by atoms with Gasteiger partial charge >= 0.3 is 6.18 Å². The van der Waals surface area contributed by atoms with Gasteiger partial charge in [-0.15, -0.1) is 0 Å². The minimum Gasteiger partial charge on any atom is -0.345 e. The lowest BCUT2D eigenvalue weighted by molar-refractivity contribution is -0.138. The van der Waals surface area contributed by atoms with Crippen LogP contribution in [0.25, 0.3) is 0 Å². The summed E-state index contributed by atoms with van der Waals surface area (Å²) in [6, 6.07) is 8.93. The molecule has 1 spiro atoms. The summed E-state index contributed by atoms with van der Waals surface area (Å²) < 4.78 is 67.6. The third-order valence-electron chi connectivity index (χ3n) is 7.44. The minimum absolute atomic E-state index is 0.0319. The molecule has 0 aromatic heterocycles. The smallest absolute Gasteiger partial charge is 0.345 e. The summed E-state index contributed by atoms with van der Waals surface area (Å²) in [5.74, 6) is -0.628. The van der Waals surface area contributed by atoms with Crippen LogP contribution in [0.3, 0.4) is 0 Å². The largest absolute Gasteiger partial charge is 0.416 e. The quantitative estimate of drug-likeness (QED) is 0.582. The molecule has 12 heteroatoms. The Morgan fingerprint density at radius 3 is 2.38 bits per heavy atom. The Hall–Kier alpha value is -3.25. The summed E-state index contributed by atoms with van der Waals surface area (Å²) in [5, 5.41) is 2.62. The second kappa shape index (κ2) is 10.4. The van der Waals surface area contributed by atoms with Crippen LogP contribution in [0.15, 0.2) is 41.4 Å². The van der Waals surface area contributed by atoms with Gasteiger partial charge in [-0.2, -0.15) is 13.2 Å². The molecule has 8 nitrogen and oxygen atoms in total. The highest BCUT2D eigenvalue weighted by atomic mass is 32.2. The van der Waals surface area contributed by atoms with Crippen molar-refractivity contribution in [3.8, 4) is 0 Å². The molecular weight excluding hydrogens is 533 g/mol. The molecule has 0 aliphatic carbocycles. The van der Waals surface area contributed by atoms with Crippen molar-refractivity contribution in [1.29, 1.82) is 0 Å². The maximum Gasteiger partial charge on any atom is 0.416 e. The maximum atomic E-state index is 13.4. The lowest BCUT2D eigenvalue weighted by atomic mass is 9.89. The fraction of sp³-hybridized carbons (Fsp3) is 0.444. The van der Waals surface area contributed by atoms with Crippen molar-refractivity contribution in [2.24, 2.45) is 4.99 Å². The van der Waals surface area contributed by atoms with Crippen molar-refractivity contribution in [2.75, 3.05) is 32.9 Å². The molecule has 2 aromatic rings. The summed E-state index contributed by atoms with van der Waals surface area (Å²) >= 11 is 0. The Bertz CT molecular complexity index is 1440. The van der Waals surface area contributed by atoms with Crippen LogP contribution in [0.4, 0.5) is 13.2 Å². The number of nitrogens with zero attached hydrogens (tertiary/aromatic N) is 3. The van der Waals surface area contributed by atoms with Crippen LogP contribution in [0, 0.1) is 13.8 Å². The van der Waals surface area contributed by atoms with Crippen LogP contribution in [0.5, 0.6) is 0 Å². The number of benzene rings is 2. The van der Waals surface area contributed by atoms with E-state index in [0.717, 1.165) is 17.2 Å². The number of halogens is 3. The van der Waals surface area contributed by atoms with E-state index in [1.54, 1.807) is 32.3 Å². The van der Waals surface area contributed by atoms with Gasteiger partial charge in [-0.1, -0.05) is 18.2 Å². The molecule has 2 aliphatic rings. The Kier molecular flexibility index (Phi) is 7.65. The van der Waals surface area contributed by atoms with Crippen LogP contribution in [0.1, 0.15) is 51.0 Å². The molecule has 0 unspecified atom stereocenters. The Balaban J connectivity index is 1.44. The highest BCUT2D eigenvalue weighted by Crippen LogP contribution is 2.36. The standard InChI is InChI=1S/C27H31F3N4O4S/c1-17-16-20(24(35)33(3)4)9-8-19(17)10-15-39(37,38)34-13-11-26(12-14-34)25(36)31-23(32-26)21-6-5-7-22(18(21)2)27(28,29)30/h5-9,16H,10-15H2,1-4H3,(H,31,32,36). The van der Waals surface area contributed by atoms with Gasteiger partial charge in [-0.25, -0.2) is 12.7 Å². The summed E-state index contributed by atoms with van der Waals surface area (Å²) in [6.07, 6.45) is -4.02. The summed E-state index contributed by atoms with van der Waals surface area (Å²) in [6.45, 7) is 3.31. The lowest BCUT2D eigenvalue weighted by Crippen LogP contribution is -2.50. The fourth-order valence-electron chi connectivity index (χ4n) is 5.05. The minimum atomic E-state index is -4.54. The zero-order valence-corrected chi connectivity index (χ0v) is 23.0. The molecule has 1 N–H and O–H groups in total. The molecule has 2 amide bonds. The van der Waals surface area contributed by atoms with Gasteiger partial charge in [0.1, 0.15) is 11.4 Å². The van der Waals surface area contributed by atoms with Gasteiger partial charge < -0.3 is 10.2 Å². The number of carbonyl (C=O) groups is 2. The topological polar surface area (TPSA) is 99.2 Å². The van der Waals surface area contributed by atoms with E-state index in [0.29, 0.717) is 5.56 Å². The number of amidine groups is 1. The first-order chi connectivity index (χ1) is 18.1. The maximum absolute atomic E-state index is 13.4. The van der Waals surface area contributed by atoms with Gasteiger partial charge in [-0.3, -0.25) is 14.6 Å². The number of piperidine rings is 1. The first-order valence-corrected chi connectivity index (χ1v) is 14.1. The van der Waals surface area contributed by atoms with E-state index in [1.165, 1.54) is 28.3 Å². The monoisotopic (exact) mass is 564 g/mol. The SMILES string of the molecule is Cc1cc(C(=O)N(C)C)ccc1CCS(=O)(=O)N1CCC2(CC1)N=C(c1cccc(C(F)(F)F)c1C)NC2=O. The molecule has 1 saturated heterocycles. The third kappa shape index (κ3) is 5.72. The van der Waals surface area contributed by atoms with Crippen LogP contribution in [-0.2, 0) is 27.4 Å². The van der Waals surface area contributed by atoms with E-state index in [9.17, 15) is 31.2 Å². The van der Waals surface area contributed by atoms with Crippen molar-refractivity contribution in [2.45, 2.75) is 44.8 Å². The summed E-state index contributed by atoms with van der Waals surface area (Å²) in [4.78, 5) is 31.1. The molecule has 1 fully saturated rings. The third-order valence-corrected chi connectivity index (χ3v) is 9.31. The Morgan fingerprint density at radius 1 is 1.13 bits per heavy atom. The van der Waals surface area contributed by atoms with Gasteiger partial charge in [0.25, 0.3) is 11.8 Å². The normalized spacial score (nSPS) is 17.7. The molecule has 39 heavy (non-hydrogen) atoms. The summed E-state index contributed by atoms with van der Waals surface area (Å²) in [5.41, 5.74) is 0.323. The fourth-order valence-corrected chi connectivity index (χ4v) is 6.53. The highest BCUT2D eigenvalue weighted by Gasteiger charge is 2.48.